The van der Waals surface area contributed by atoms with E-state index in [1.165, 1.54) is 0 Å². The van der Waals surface area contributed by atoms with E-state index in [9.17, 15) is 9.90 Å². The van der Waals surface area contributed by atoms with E-state index < -0.39 is 11.5 Å². The van der Waals surface area contributed by atoms with Crippen LogP contribution in [0, 0.1) is 5.41 Å². The molecule has 2 unspecified atom stereocenters. The zero-order valence-corrected chi connectivity index (χ0v) is 11.2. The molecule has 104 valence electrons. The summed E-state index contributed by atoms with van der Waals surface area (Å²) in [5.41, 5.74) is 12.1. The van der Waals surface area contributed by atoms with Crippen LogP contribution in [0.3, 0.4) is 0 Å². The van der Waals surface area contributed by atoms with Crippen LogP contribution in [0.2, 0.25) is 0 Å². The minimum absolute atomic E-state index is 0.274. The number of rotatable bonds is 4. The highest BCUT2D eigenvalue weighted by atomic mass is 16.3. The molecule has 1 fully saturated rings. The molecular weight excluding hydrogens is 242 g/mol. The summed E-state index contributed by atoms with van der Waals surface area (Å²) >= 11 is 0. The summed E-state index contributed by atoms with van der Waals surface area (Å²) in [6.45, 7) is 3.70. The number of aliphatic hydroxyl groups is 1. The minimum atomic E-state index is -0.642. The number of nitrogens with zero attached hydrogens (tertiary/aromatic N) is 1. The number of carbonyl (C=O) groups excluding carboxylic acids is 1. The third kappa shape index (κ3) is 2.88. The molecule has 0 spiro atoms. The zero-order chi connectivity index (χ0) is 14.0. The summed E-state index contributed by atoms with van der Waals surface area (Å²) in [6.07, 6.45) is 0.0932. The maximum absolute atomic E-state index is 11.4. The summed E-state index contributed by atoms with van der Waals surface area (Å²) < 4.78 is 0. The number of β-amino-alcohol motifs (C(OH)–C–C–N with tert-alkyl or cyclic N) is 1. The molecule has 2 rings (SSSR count). The molecule has 1 aliphatic heterocycles. The van der Waals surface area contributed by atoms with Gasteiger partial charge in [-0.05, 0) is 26.0 Å². The van der Waals surface area contributed by atoms with Gasteiger partial charge in [0.15, 0.2) is 0 Å². The van der Waals surface area contributed by atoms with Crippen molar-refractivity contribution in [3.05, 3.63) is 29.8 Å². The Morgan fingerprint density at radius 2 is 2.21 bits per heavy atom. The number of likely N-dealkylation sites (tertiary alicyclic amines) is 1. The SMILES string of the molecule is CC1(C(N)=O)CCN(CC(O)c2ccccc2N)C1. The summed E-state index contributed by atoms with van der Waals surface area (Å²) in [5.74, 6) is -0.274. The molecule has 1 saturated heterocycles. The molecule has 2 atom stereocenters. The van der Waals surface area contributed by atoms with Crippen LogP contribution < -0.4 is 11.5 Å². The van der Waals surface area contributed by atoms with E-state index in [2.05, 4.69) is 4.90 Å². The molecule has 0 bridgehead atoms. The van der Waals surface area contributed by atoms with Crippen molar-refractivity contribution in [3.63, 3.8) is 0 Å². The van der Waals surface area contributed by atoms with Crippen LogP contribution >= 0.6 is 0 Å². The fourth-order valence-electron chi connectivity index (χ4n) is 2.57. The largest absolute Gasteiger partial charge is 0.398 e. The first-order chi connectivity index (χ1) is 8.92. The van der Waals surface area contributed by atoms with Gasteiger partial charge in [0.2, 0.25) is 5.91 Å². The highest BCUT2D eigenvalue weighted by molar-refractivity contribution is 5.81. The van der Waals surface area contributed by atoms with Crippen LogP contribution in [0.15, 0.2) is 24.3 Å². The molecule has 5 N–H and O–H groups in total. The van der Waals surface area contributed by atoms with Crippen LogP contribution in [0.4, 0.5) is 5.69 Å². The lowest BCUT2D eigenvalue weighted by atomic mass is 9.89. The van der Waals surface area contributed by atoms with E-state index in [4.69, 9.17) is 11.5 Å². The Balaban J connectivity index is 2.00. The van der Waals surface area contributed by atoms with E-state index in [0.29, 0.717) is 18.8 Å². The molecule has 1 aromatic rings. The van der Waals surface area contributed by atoms with E-state index in [1.807, 2.05) is 25.1 Å². The molecule has 19 heavy (non-hydrogen) atoms. The second-order valence-corrected chi connectivity index (χ2v) is 5.55. The van der Waals surface area contributed by atoms with Gasteiger partial charge in [-0.25, -0.2) is 0 Å². The third-order valence-electron chi connectivity index (χ3n) is 3.93. The molecule has 5 nitrogen and oxygen atoms in total. The number of hydrogen-bond acceptors (Lipinski definition) is 4. The first kappa shape index (κ1) is 13.8. The highest BCUT2D eigenvalue weighted by Gasteiger charge is 2.39. The van der Waals surface area contributed by atoms with Crippen LogP contribution in [-0.4, -0.2) is 35.5 Å². The Hall–Kier alpha value is -1.59. The van der Waals surface area contributed by atoms with E-state index in [-0.39, 0.29) is 5.91 Å². The van der Waals surface area contributed by atoms with Gasteiger partial charge in [0, 0.05) is 24.3 Å². The number of hydrogen-bond donors (Lipinski definition) is 3. The Morgan fingerprint density at radius 1 is 1.53 bits per heavy atom. The average molecular weight is 263 g/mol. The molecule has 0 aliphatic carbocycles. The van der Waals surface area contributed by atoms with Gasteiger partial charge >= 0.3 is 0 Å². The molecule has 5 heteroatoms. The highest BCUT2D eigenvalue weighted by Crippen LogP contribution is 2.31. The van der Waals surface area contributed by atoms with Gasteiger partial charge in [0.05, 0.1) is 11.5 Å². The van der Waals surface area contributed by atoms with Crippen molar-refractivity contribution in [3.8, 4) is 0 Å². The van der Waals surface area contributed by atoms with Crippen molar-refractivity contribution < 1.29 is 9.90 Å². The molecule has 1 aliphatic rings. The maximum Gasteiger partial charge on any atom is 0.224 e. The van der Waals surface area contributed by atoms with Gasteiger partial charge in [-0.1, -0.05) is 18.2 Å². The van der Waals surface area contributed by atoms with Crippen molar-refractivity contribution in [1.82, 2.24) is 4.90 Å². The Kier molecular flexibility index (Phi) is 3.78. The predicted octanol–water partition coefficient (Wildman–Crippen LogP) is 0.499. The van der Waals surface area contributed by atoms with Crippen LogP contribution in [-0.2, 0) is 4.79 Å². The van der Waals surface area contributed by atoms with Crippen molar-refractivity contribution >= 4 is 11.6 Å². The average Bonchev–Trinajstić information content (AvgIpc) is 2.73. The van der Waals surface area contributed by atoms with Gasteiger partial charge < -0.3 is 16.6 Å². The molecule has 1 heterocycles. The fourth-order valence-corrected chi connectivity index (χ4v) is 2.57. The van der Waals surface area contributed by atoms with Crippen molar-refractivity contribution in [1.29, 1.82) is 0 Å². The number of aliphatic hydroxyl groups excluding tert-OH is 1. The monoisotopic (exact) mass is 263 g/mol. The lowest BCUT2D eigenvalue weighted by Gasteiger charge is -2.23. The quantitative estimate of drug-likeness (QED) is 0.690. The number of nitrogens with two attached hydrogens (primary N) is 2. The first-order valence-corrected chi connectivity index (χ1v) is 6.47. The second kappa shape index (κ2) is 5.19. The maximum atomic E-state index is 11.4. The van der Waals surface area contributed by atoms with Gasteiger partial charge in [0.1, 0.15) is 0 Å². The molecule has 0 radical (unpaired) electrons. The molecule has 1 aromatic carbocycles. The topological polar surface area (TPSA) is 92.6 Å². The minimum Gasteiger partial charge on any atom is -0.398 e. The molecule has 0 aromatic heterocycles. The predicted molar refractivity (Wildman–Crippen MR) is 74.2 cm³/mol. The second-order valence-electron chi connectivity index (χ2n) is 5.55. The van der Waals surface area contributed by atoms with Gasteiger partial charge in [-0.15, -0.1) is 0 Å². The van der Waals surface area contributed by atoms with E-state index in [1.54, 1.807) is 6.07 Å². The van der Waals surface area contributed by atoms with Gasteiger partial charge in [-0.3, -0.25) is 9.69 Å². The lowest BCUT2D eigenvalue weighted by molar-refractivity contribution is -0.126. The number of carbonyl (C=O) groups is 1. The van der Waals surface area contributed by atoms with Crippen LogP contribution in [0.25, 0.3) is 0 Å². The summed E-state index contributed by atoms with van der Waals surface area (Å²) in [6, 6.07) is 7.29. The summed E-state index contributed by atoms with van der Waals surface area (Å²) in [5, 5.41) is 10.2. The molecule has 1 amide bonds. The standard InChI is InChI=1S/C14H21N3O2/c1-14(13(16)19)6-7-17(9-14)8-12(18)10-4-2-3-5-11(10)15/h2-5,12,18H,6-9,15H2,1H3,(H2,16,19). The van der Waals surface area contributed by atoms with Crippen molar-refractivity contribution in [2.24, 2.45) is 11.1 Å². The fraction of sp³-hybridized carbons (Fsp3) is 0.500. The Bertz CT molecular complexity index is 478. The number of anilines is 1. The lowest BCUT2D eigenvalue weighted by Crippen LogP contribution is -2.38. The number of nitrogen functional groups attached to an aromatic ring is 1. The number of para-hydroxylation sites is 1. The first-order valence-electron chi connectivity index (χ1n) is 6.47. The van der Waals surface area contributed by atoms with E-state index >= 15 is 0 Å². The van der Waals surface area contributed by atoms with Crippen LogP contribution in [0.5, 0.6) is 0 Å². The van der Waals surface area contributed by atoms with Crippen LogP contribution in [0.1, 0.15) is 25.0 Å². The smallest absolute Gasteiger partial charge is 0.224 e. The van der Waals surface area contributed by atoms with Gasteiger partial charge in [0.25, 0.3) is 0 Å². The summed E-state index contributed by atoms with van der Waals surface area (Å²) in [4.78, 5) is 13.4. The summed E-state index contributed by atoms with van der Waals surface area (Å²) in [7, 11) is 0. The van der Waals surface area contributed by atoms with E-state index in [0.717, 1.165) is 18.5 Å². The Morgan fingerprint density at radius 3 is 2.79 bits per heavy atom. The number of amides is 1. The number of primary amides is 1. The molecular formula is C14H21N3O2. The Labute approximate surface area is 113 Å². The van der Waals surface area contributed by atoms with Crippen molar-refractivity contribution in [2.75, 3.05) is 25.4 Å². The number of benzene rings is 1. The zero-order valence-electron chi connectivity index (χ0n) is 11.2. The molecule has 0 saturated carbocycles. The van der Waals surface area contributed by atoms with Gasteiger partial charge in [-0.2, -0.15) is 0 Å². The van der Waals surface area contributed by atoms with Crippen molar-refractivity contribution in [2.45, 2.75) is 19.4 Å². The normalized spacial score (nSPS) is 25.4. The third-order valence-corrected chi connectivity index (χ3v) is 3.93.